The second-order valence-corrected chi connectivity index (χ2v) is 9.61. The summed E-state index contributed by atoms with van der Waals surface area (Å²) in [6.07, 6.45) is -4.18. The van der Waals surface area contributed by atoms with Gasteiger partial charge in [0.15, 0.2) is 5.82 Å². The van der Waals surface area contributed by atoms with Gasteiger partial charge >= 0.3 is 35.7 Å². The minimum Gasteiger partial charge on any atom is -0.549 e. The van der Waals surface area contributed by atoms with Crippen LogP contribution in [0.25, 0.3) is 11.4 Å². The number of ether oxygens (including phenoxy) is 2. The number of nitrogens with zero attached hydrogens (tertiary/aromatic N) is 2. The molecule has 13 heteroatoms. The smallest absolute Gasteiger partial charge is 0.549 e. The van der Waals surface area contributed by atoms with Crippen LogP contribution in [0.2, 0.25) is 5.02 Å². The van der Waals surface area contributed by atoms with Crippen LogP contribution in [0.3, 0.4) is 0 Å². The van der Waals surface area contributed by atoms with Crippen LogP contribution in [0.15, 0.2) is 66.7 Å². The Morgan fingerprint density at radius 3 is 2.38 bits per heavy atom. The SMILES string of the molecule is Cc1cc(NC(=O)c2ccc(Oc3cc4c(cc3Cl)C(C(=O)[O-])CCO4)cc2)nc(-c2ccc(C(F)(F)F)cc2)n1.[Na+]. The first kappa shape index (κ1) is 31.3. The first-order valence-corrected chi connectivity index (χ1v) is 12.7. The van der Waals surface area contributed by atoms with E-state index in [1.54, 1.807) is 19.1 Å². The van der Waals surface area contributed by atoms with Gasteiger partial charge in [0.05, 0.1) is 17.2 Å². The summed E-state index contributed by atoms with van der Waals surface area (Å²) in [5.41, 5.74) is 0.774. The maximum absolute atomic E-state index is 12.9. The van der Waals surface area contributed by atoms with E-state index in [0.717, 1.165) is 12.1 Å². The molecule has 1 unspecified atom stereocenters. The molecule has 1 amide bonds. The number of benzene rings is 3. The van der Waals surface area contributed by atoms with Gasteiger partial charge in [-0.1, -0.05) is 23.7 Å². The van der Waals surface area contributed by atoms with Gasteiger partial charge in [0.1, 0.15) is 23.1 Å². The van der Waals surface area contributed by atoms with Crippen LogP contribution >= 0.6 is 11.6 Å². The number of aromatic nitrogens is 2. The van der Waals surface area contributed by atoms with Crippen LogP contribution in [0.1, 0.15) is 39.5 Å². The van der Waals surface area contributed by atoms with Gasteiger partial charge in [-0.2, -0.15) is 13.2 Å². The fraction of sp³-hybridized carbons (Fsp3) is 0.172. The standard InChI is InChI=1S/C29H21ClF3N3O5.Na/c1-15-12-25(35-26(34-15)16-2-6-18(7-3-16)29(31,32)33)36-27(37)17-4-8-19(9-5-17)41-24-14-23-21(13-22(24)30)20(28(38)39)10-11-40-23;/h2-9,12-14,20H,10-11H2,1H3,(H,38,39)(H,34,35,36,37);/q;+1/p-1. The molecular weight excluding hydrogens is 586 g/mol. The number of carboxylic acid groups (broad SMARTS) is 1. The van der Waals surface area contributed by atoms with Crippen LogP contribution in [0, 0.1) is 6.92 Å². The molecule has 1 aliphatic rings. The number of alkyl halides is 3. The normalized spacial score (nSPS) is 14.2. The van der Waals surface area contributed by atoms with Crippen molar-refractivity contribution in [1.29, 1.82) is 0 Å². The van der Waals surface area contributed by atoms with Gasteiger partial charge < -0.3 is 24.7 Å². The second kappa shape index (κ2) is 12.7. The summed E-state index contributed by atoms with van der Waals surface area (Å²) in [5.74, 6) is -1.23. The third kappa shape index (κ3) is 7.04. The molecule has 2 heterocycles. The molecule has 0 spiro atoms. The van der Waals surface area contributed by atoms with Gasteiger partial charge in [0.25, 0.3) is 5.91 Å². The van der Waals surface area contributed by atoms with Crippen molar-refractivity contribution in [1.82, 2.24) is 9.97 Å². The van der Waals surface area contributed by atoms with Crippen LogP contribution in [0.4, 0.5) is 19.0 Å². The average molecular weight is 606 g/mol. The molecule has 8 nitrogen and oxygen atoms in total. The summed E-state index contributed by atoms with van der Waals surface area (Å²) in [6.45, 7) is 1.89. The molecule has 0 fully saturated rings. The Kier molecular flexibility index (Phi) is 9.47. The van der Waals surface area contributed by atoms with Crippen molar-refractivity contribution in [2.45, 2.75) is 25.4 Å². The van der Waals surface area contributed by atoms with Crippen molar-refractivity contribution in [3.05, 3.63) is 94.1 Å². The van der Waals surface area contributed by atoms with Gasteiger partial charge in [0.2, 0.25) is 0 Å². The Morgan fingerprint density at radius 2 is 1.74 bits per heavy atom. The van der Waals surface area contributed by atoms with Gasteiger partial charge in [-0.3, -0.25) is 4.79 Å². The van der Waals surface area contributed by atoms with Gasteiger partial charge in [-0.05, 0) is 55.8 Å². The fourth-order valence-corrected chi connectivity index (χ4v) is 4.48. The molecule has 0 radical (unpaired) electrons. The van der Waals surface area contributed by atoms with Crippen LogP contribution in [-0.4, -0.2) is 28.5 Å². The monoisotopic (exact) mass is 605 g/mol. The molecule has 0 aliphatic carbocycles. The van der Waals surface area contributed by atoms with E-state index < -0.39 is 29.5 Å². The molecule has 3 aromatic carbocycles. The number of aliphatic carboxylic acids is 1. The minimum absolute atomic E-state index is 0. The van der Waals surface area contributed by atoms with E-state index in [0.29, 0.717) is 28.3 Å². The predicted molar refractivity (Wildman–Crippen MR) is 141 cm³/mol. The largest absolute Gasteiger partial charge is 1.00 e. The third-order valence-corrected chi connectivity index (χ3v) is 6.59. The van der Waals surface area contributed by atoms with E-state index in [2.05, 4.69) is 15.3 Å². The van der Waals surface area contributed by atoms with Crippen molar-refractivity contribution in [3.8, 4) is 28.6 Å². The predicted octanol–water partition coefficient (Wildman–Crippen LogP) is 2.79. The van der Waals surface area contributed by atoms with Crippen molar-refractivity contribution in [3.63, 3.8) is 0 Å². The van der Waals surface area contributed by atoms with Gasteiger partial charge in [-0.15, -0.1) is 0 Å². The zero-order chi connectivity index (χ0) is 29.3. The van der Waals surface area contributed by atoms with Gasteiger partial charge in [0, 0.05) is 46.4 Å². The Hall–Kier alpha value is -3.64. The number of anilines is 1. The number of carbonyl (C=O) groups excluding carboxylic acids is 2. The van der Waals surface area contributed by atoms with E-state index in [4.69, 9.17) is 21.1 Å². The van der Waals surface area contributed by atoms with E-state index in [9.17, 15) is 27.9 Å². The van der Waals surface area contributed by atoms with Crippen LogP contribution in [0.5, 0.6) is 17.2 Å². The van der Waals surface area contributed by atoms with Crippen molar-refractivity contribution < 1.29 is 66.9 Å². The van der Waals surface area contributed by atoms with E-state index >= 15 is 0 Å². The Bertz CT molecular complexity index is 1630. The molecule has 1 aliphatic heterocycles. The van der Waals surface area contributed by atoms with Crippen LogP contribution < -0.4 is 49.5 Å². The van der Waals surface area contributed by atoms with Crippen molar-refractivity contribution in [2.24, 2.45) is 0 Å². The number of hydrogen-bond donors (Lipinski definition) is 1. The molecule has 1 atom stereocenters. The van der Waals surface area contributed by atoms with Crippen molar-refractivity contribution >= 4 is 29.3 Å². The number of fused-ring (bicyclic) bond motifs is 1. The Labute approximate surface area is 265 Å². The maximum atomic E-state index is 12.9. The number of aryl methyl sites for hydroxylation is 1. The van der Waals surface area contributed by atoms with Crippen LogP contribution in [-0.2, 0) is 11.0 Å². The first-order valence-electron chi connectivity index (χ1n) is 12.3. The van der Waals surface area contributed by atoms with Crippen molar-refractivity contribution in [2.75, 3.05) is 11.9 Å². The summed E-state index contributed by atoms with van der Waals surface area (Å²) < 4.78 is 50.1. The summed E-state index contributed by atoms with van der Waals surface area (Å²) in [6, 6.07) is 15.1. The first-order chi connectivity index (χ1) is 19.5. The molecule has 42 heavy (non-hydrogen) atoms. The minimum atomic E-state index is -4.46. The Morgan fingerprint density at radius 1 is 1.05 bits per heavy atom. The zero-order valence-corrected chi connectivity index (χ0v) is 25.0. The molecule has 0 saturated heterocycles. The number of hydrogen-bond acceptors (Lipinski definition) is 7. The topological polar surface area (TPSA) is 113 Å². The summed E-state index contributed by atoms with van der Waals surface area (Å²) in [4.78, 5) is 32.8. The van der Waals surface area contributed by atoms with Gasteiger partial charge in [-0.25, -0.2) is 9.97 Å². The molecule has 0 bridgehead atoms. The van der Waals surface area contributed by atoms with E-state index in [1.165, 1.54) is 42.5 Å². The third-order valence-electron chi connectivity index (χ3n) is 6.30. The molecular formula is C29H20ClF3N3NaO5. The molecule has 1 aromatic heterocycles. The molecule has 1 N–H and O–H groups in total. The quantitative estimate of drug-likeness (QED) is 0.336. The zero-order valence-electron chi connectivity index (χ0n) is 22.3. The number of nitrogens with one attached hydrogen (secondary N) is 1. The van der Waals surface area contributed by atoms with E-state index in [-0.39, 0.29) is 70.6 Å². The number of halogens is 4. The molecule has 5 rings (SSSR count). The maximum Gasteiger partial charge on any atom is 1.00 e. The Balaban J connectivity index is 0.00000405. The number of amides is 1. The molecule has 4 aromatic rings. The number of carboxylic acids is 1. The average Bonchev–Trinajstić information content (AvgIpc) is 2.92. The summed E-state index contributed by atoms with van der Waals surface area (Å²) in [5, 5.41) is 14.3. The number of rotatable bonds is 6. The number of carbonyl (C=O) groups is 2. The second-order valence-electron chi connectivity index (χ2n) is 9.20. The summed E-state index contributed by atoms with van der Waals surface area (Å²) in [7, 11) is 0. The van der Waals surface area contributed by atoms with E-state index in [1.807, 2.05) is 0 Å². The summed E-state index contributed by atoms with van der Waals surface area (Å²) >= 11 is 6.33. The molecule has 0 saturated carbocycles. The fourth-order valence-electron chi connectivity index (χ4n) is 4.27. The molecule has 210 valence electrons.